The summed E-state index contributed by atoms with van der Waals surface area (Å²) in [5.41, 5.74) is 5.71. The van der Waals surface area contributed by atoms with Gasteiger partial charge in [-0.2, -0.15) is 0 Å². The van der Waals surface area contributed by atoms with Gasteiger partial charge in [-0.15, -0.1) is 0 Å². The van der Waals surface area contributed by atoms with Crippen molar-refractivity contribution in [2.45, 2.75) is 45.6 Å². The average molecular weight is 440 g/mol. The maximum Gasteiger partial charge on any atom is 0.264 e. The summed E-state index contributed by atoms with van der Waals surface area (Å²) in [6, 6.07) is 11.8. The molecule has 1 amide bonds. The van der Waals surface area contributed by atoms with Crippen molar-refractivity contribution in [3.05, 3.63) is 63.0 Å². The van der Waals surface area contributed by atoms with Crippen LogP contribution in [0, 0.1) is 6.92 Å². The van der Waals surface area contributed by atoms with Crippen LogP contribution < -0.4 is 10.2 Å². The Kier molecular flexibility index (Phi) is 5.45. The number of nitrogens with one attached hydrogen (secondary N) is 1. The van der Waals surface area contributed by atoms with Gasteiger partial charge >= 0.3 is 0 Å². The van der Waals surface area contributed by atoms with Gasteiger partial charge in [-0.25, -0.2) is 4.99 Å². The van der Waals surface area contributed by atoms with Gasteiger partial charge < -0.3 is 10.2 Å². The molecule has 2 aliphatic rings. The Morgan fingerprint density at radius 3 is 2.80 bits per heavy atom. The van der Waals surface area contributed by atoms with E-state index in [-0.39, 0.29) is 11.4 Å². The van der Waals surface area contributed by atoms with Crippen molar-refractivity contribution in [3.8, 4) is 0 Å². The van der Waals surface area contributed by atoms with Crippen molar-refractivity contribution in [2.24, 2.45) is 4.99 Å². The molecular weight excluding hydrogens is 414 g/mol. The molecule has 2 aliphatic heterocycles. The number of halogens is 1. The fourth-order valence-corrected chi connectivity index (χ4v) is 5.19. The predicted molar refractivity (Wildman–Crippen MR) is 129 cm³/mol. The highest BCUT2D eigenvalue weighted by atomic mass is 35.5. The number of amides is 1. The normalized spacial score (nSPS) is 23.1. The van der Waals surface area contributed by atoms with Gasteiger partial charge in [-0.1, -0.05) is 24.6 Å². The highest BCUT2D eigenvalue weighted by Crippen LogP contribution is 2.44. The monoisotopic (exact) mass is 439 g/mol. The van der Waals surface area contributed by atoms with Gasteiger partial charge in [0.05, 0.1) is 10.6 Å². The van der Waals surface area contributed by atoms with Gasteiger partial charge in [0.25, 0.3) is 5.91 Å². The zero-order chi connectivity index (χ0) is 21.6. The molecular formula is C24H26ClN3OS. The first-order valence-electron chi connectivity index (χ1n) is 10.1. The van der Waals surface area contributed by atoms with E-state index >= 15 is 0 Å². The molecule has 1 atom stereocenters. The van der Waals surface area contributed by atoms with E-state index in [1.54, 1.807) is 12.1 Å². The molecule has 1 N–H and O–H groups in total. The van der Waals surface area contributed by atoms with Gasteiger partial charge in [0.15, 0.2) is 5.17 Å². The lowest BCUT2D eigenvalue weighted by Gasteiger charge is -2.45. The summed E-state index contributed by atoms with van der Waals surface area (Å²) in [4.78, 5) is 20.1. The Morgan fingerprint density at radius 1 is 1.30 bits per heavy atom. The van der Waals surface area contributed by atoms with E-state index in [2.05, 4.69) is 62.1 Å². The van der Waals surface area contributed by atoms with Gasteiger partial charge in [-0.05, 0) is 98.0 Å². The summed E-state index contributed by atoms with van der Waals surface area (Å²) < 4.78 is 0. The third-order valence-electron chi connectivity index (χ3n) is 6.00. The molecule has 0 aliphatic carbocycles. The molecule has 1 fully saturated rings. The largest absolute Gasteiger partial charge is 0.369 e. The lowest BCUT2D eigenvalue weighted by atomic mass is 9.79. The van der Waals surface area contributed by atoms with Crippen LogP contribution in [0.3, 0.4) is 0 Å². The summed E-state index contributed by atoms with van der Waals surface area (Å²) in [6.07, 6.45) is 3.07. The number of amidine groups is 1. The molecule has 2 heterocycles. The second-order valence-corrected chi connectivity index (χ2v) is 10.2. The fraction of sp³-hybridized carbons (Fsp3) is 0.333. The molecule has 2 aromatic carbocycles. The van der Waals surface area contributed by atoms with Crippen LogP contribution in [0.4, 0.5) is 11.4 Å². The zero-order valence-corrected chi connectivity index (χ0v) is 19.5. The number of aryl methyl sites for hydroxylation is 1. The van der Waals surface area contributed by atoms with Crippen molar-refractivity contribution >= 4 is 51.9 Å². The lowest BCUT2D eigenvalue weighted by Crippen LogP contribution is -2.45. The first-order valence-corrected chi connectivity index (χ1v) is 11.3. The van der Waals surface area contributed by atoms with Gasteiger partial charge in [-0.3, -0.25) is 4.79 Å². The Hall–Kier alpha value is -2.24. The van der Waals surface area contributed by atoms with Crippen LogP contribution in [0.1, 0.15) is 49.8 Å². The van der Waals surface area contributed by atoms with Gasteiger partial charge in [0, 0.05) is 23.3 Å². The number of thioether (sulfide) groups is 1. The summed E-state index contributed by atoms with van der Waals surface area (Å²) >= 11 is 7.39. The van der Waals surface area contributed by atoms with Crippen molar-refractivity contribution < 1.29 is 4.79 Å². The minimum absolute atomic E-state index is 0.121. The molecule has 4 nitrogen and oxygen atoms in total. The Bertz CT molecular complexity index is 1090. The fourth-order valence-electron chi connectivity index (χ4n) is 4.17. The van der Waals surface area contributed by atoms with E-state index in [1.165, 1.54) is 23.0 Å². The number of rotatable bonds is 2. The lowest BCUT2D eigenvalue weighted by molar-refractivity contribution is -0.115. The molecule has 0 radical (unpaired) electrons. The first-order chi connectivity index (χ1) is 14.1. The van der Waals surface area contributed by atoms with Crippen molar-refractivity contribution in [1.29, 1.82) is 0 Å². The van der Waals surface area contributed by atoms with E-state index < -0.39 is 0 Å². The van der Waals surface area contributed by atoms with Crippen molar-refractivity contribution in [3.63, 3.8) is 0 Å². The first kappa shape index (κ1) is 21.0. The minimum Gasteiger partial charge on any atom is -0.369 e. The zero-order valence-electron chi connectivity index (χ0n) is 17.9. The second kappa shape index (κ2) is 7.78. The highest BCUT2D eigenvalue weighted by molar-refractivity contribution is 8.18. The molecule has 0 saturated carbocycles. The maximum atomic E-state index is 12.5. The van der Waals surface area contributed by atoms with Gasteiger partial charge in [0.1, 0.15) is 0 Å². The molecule has 0 unspecified atom stereocenters. The second-order valence-electron chi connectivity index (χ2n) is 8.71. The summed E-state index contributed by atoms with van der Waals surface area (Å²) in [5, 5.41) is 4.04. The molecule has 6 heteroatoms. The van der Waals surface area contributed by atoms with Gasteiger partial charge in [0.2, 0.25) is 0 Å². The molecule has 1 saturated heterocycles. The molecule has 4 rings (SSSR count). The number of carbonyl (C=O) groups excluding carboxylic acids is 1. The predicted octanol–water partition coefficient (Wildman–Crippen LogP) is 6.26. The Morgan fingerprint density at radius 2 is 2.07 bits per heavy atom. The third kappa shape index (κ3) is 4.01. The van der Waals surface area contributed by atoms with Crippen LogP contribution in [-0.2, 0) is 4.79 Å². The standard InChI is InChI=1S/C24H26ClN3OS/c1-14-9-20-19(15(2)13-24(3,4)28(20)5)10-16(14)11-21-22(29)27-23(30-21)26-18-8-6-7-17(25)12-18/h6-12,15H,13H2,1-5H3,(H,26,27,29)/b21-11-/t15-/m1/s1. The SMILES string of the molecule is Cc1cc2c(cc1/C=C1\SC(=Nc3cccc(Cl)c3)NC1=O)[C@H](C)CC(C)(C)N2C. The Balaban J connectivity index is 1.66. The number of carbonyl (C=O) groups is 1. The Labute approximate surface area is 187 Å². The summed E-state index contributed by atoms with van der Waals surface area (Å²) in [6.45, 7) is 8.97. The molecule has 0 aromatic heterocycles. The van der Waals surface area contributed by atoms with E-state index in [0.717, 1.165) is 23.2 Å². The van der Waals surface area contributed by atoms with Crippen LogP contribution in [-0.4, -0.2) is 23.7 Å². The third-order valence-corrected chi connectivity index (χ3v) is 7.14. The van der Waals surface area contributed by atoms with E-state index in [1.807, 2.05) is 18.2 Å². The number of fused-ring (bicyclic) bond motifs is 1. The number of nitrogens with zero attached hydrogens (tertiary/aromatic N) is 2. The van der Waals surface area contributed by atoms with Crippen LogP contribution in [0.5, 0.6) is 0 Å². The van der Waals surface area contributed by atoms with E-state index in [9.17, 15) is 4.79 Å². The smallest absolute Gasteiger partial charge is 0.264 e. The molecule has 0 bridgehead atoms. The average Bonchev–Trinajstić information content (AvgIpc) is 2.99. The quantitative estimate of drug-likeness (QED) is 0.561. The maximum absolute atomic E-state index is 12.5. The van der Waals surface area contributed by atoms with Crippen LogP contribution >= 0.6 is 23.4 Å². The molecule has 2 aromatic rings. The number of anilines is 1. The summed E-state index contributed by atoms with van der Waals surface area (Å²) in [5.74, 6) is 0.346. The number of hydrogen-bond donors (Lipinski definition) is 1. The summed E-state index contributed by atoms with van der Waals surface area (Å²) in [7, 11) is 2.17. The molecule has 30 heavy (non-hydrogen) atoms. The minimum atomic E-state index is -0.121. The van der Waals surface area contributed by atoms with Crippen molar-refractivity contribution in [1.82, 2.24) is 5.32 Å². The van der Waals surface area contributed by atoms with E-state index in [0.29, 0.717) is 21.0 Å². The van der Waals surface area contributed by atoms with Crippen LogP contribution in [0.15, 0.2) is 46.3 Å². The highest BCUT2D eigenvalue weighted by Gasteiger charge is 2.34. The topological polar surface area (TPSA) is 44.7 Å². The van der Waals surface area contributed by atoms with Crippen LogP contribution in [0.25, 0.3) is 6.08 Å². The number of benzene rings is 2. The number of aliphatic imine (C=N–C) groups is 1. The van der Waals surface area contributed by atoms with Crippen molar-refractivity contribution in [2.75, 3.05) is 11.9 Å². The van der Waals surface area contributed by atoms with E-state index in [4.69, 9.17) is 11.6 Å². The molecule has 0 spiro atoms. The van der Waals surface area contributed by atoms with Crippen LogP contribution in [0.2, 0.25) is 5.02 Å². The molecule has 156 valence electrons. The number of hydrogen-bond acceptors (Lipinski definition) is 4.